The molecule has 0 spiro atoms. The number of rotatable bonds is 5. The maximum Gasteiger partial charge on any atom is 0.325 e. The van der Waals surface area contributed by atoms with E-state index in [1.54, 1.807) is 49.4 Å². The average Bonchev–Trinajstić information content (AvgIpc) is 3.26. The lowest BCUT2D eigenvalue weighted by atomic mass is 9.87. The number of carbonyl (C=O) groups excluding carboxylic acids is 3. The first-order valence-electron chi connectivity index (χ1n) is 9.02. The van der Waals surface area contributed by atoms with Crippen LogP contribution >= 0.6 is 11.6 Å². The number of amides is 4. The number of nitrogens with zero attached hydrogens (tertiary/aromatic N) is 1. The van der Waals surface area contributed by atoms with Crippen molar-refractivity contribution in [2.45, 2.75) is 18.9 Å². The van der Waals surface area contributed by atoms with Crippen molar-refractivity contribution in [2.75, 3.05) is 18.7 Å². The highest BCUT2D eigenvalue weighted by molar-refractivity contribution is 6.30. The van der Waals surface area contributed by atoms with Gasteiger partial charge in [0, 0.05) is 16.8 Å². The maximum absolute atomic E-state index is 13.1. The third kappa shape index (κ3) is 3.36. The van der Waals surface area contributed by atoms with Crippen LogP contribution in [0.1, 0.15) is 18.9 Å². The Kier molecular flexibility index (Phi) is 4.79. The first kappa shape index (κ1) is 19.1. The van der Waals surface area contributed by atoms with E-state index >= 15 is 0 Å². The molecule has 2 heterocycles. The number of hydrogen-bond acceptors (Lipinski definition) is 5. The number of halogens is 1. The van der Waals surface area contributed by atoms with Crippen LogP contribution in [0.15, 0.2) is 42.5 Å². The monoisotopic (exact) mass is 415 g/mol. The first-order valence-corrected chi connectivity index (χ1v) is 9.40. The van der Waals surface area contributed by atoms with E-state index in [-0.39, 0.29) is 6.79 Å². The van der Waals surface area contributed by atoms with Crippen molar-refractivity contribution in [2.24, 2.45) is 0 Å². The second kappa shape index (κ2) is 7.29. The third-order valence-corrected chi connectivity index (χ3v) is 5.25. The Morgan fingerprint density at radius 2 is 1.90 bits per heavy atom. The molecule has 1 atom stereocenters. The van der Waals surface area contributed by atoms with Crippen molar-refractivity contribution in [1.29, 1.82) is 0 Å². The Morgan fingerprint density at radius 3 is 2.62 bits per heavy atom. The fourth-order valence-electron chi connectivity index (χ4n) is 3.46. The van der Waals surface area contributed by atoms with E-state index < -0.39 is 29.9 Å². The summed E-state index contributed by atoms with van der Waals surface area (Å²) in [5.74, 6) is 0.127. The maximum atomic E-state index is 13.1. The van der Waals surface area contributed by atoms with Gasteiger partial charge < -0.3 is 20.1 Å². The lowest BCUT2D eigenvalue weighted by Crippen LogP contribution is -2.44. The average molecular weight is 416 g/mol. The van der Waals surface area contributed by atoms with Gasteiger partial charge in [0.1, 0.15) is 12.1 Å². The van der Waals surface area contributed by atoms with Crippen LogP contribution in [0, 0.1) is 0 Å². The summed E-state index contributed by atoms with van der Waals surface area (Å²) >= 11 is 5.93. The molecular formula is C20H18ClN3O5. The van der Waals surface area contributed by atoms with Gasteiger partial charge in [-0.25, -0.2) is 4.79 Å². The molecule has 2 aliphatic rings. The summed E-state index contributed by atoms with van der Waals surface area (Å²) in [7, 11) is 0. The summed E-state index contributed by atoms with van der Waals surface area (Å²) in [6, 6.07) is 11.0. The zero-order chi connectivity index (χ0) is 20.6. The fraction of sp³-hybridized carbons (Fsp3) is 0.250. The van der Waals surface area contributed by atoms with Crippen LogP contribution < -0.4 is 20.1 Å². The molecule has 29 heavy (non-hydrogen) atoms. The number of urea groups is 1. The molecule has 0 radical (unpaired) electrons. The molecule has 0 bridgehead atoms. The van der Waals surface area contributed by atoms with Crippen molar-refractivity contribution in [3.05, 3.63) is 53.1 Å². The summed E-state index contributed by atoms with van der Waals surface area (Å²) in [4.78, 5) is 39.0. The Hall–Kier alpha value is -3.26. The molecule has 1 fully saturated rings. The van der Waals surface area contributed by atoms with Crippen LogP contribution in [0.25, 0.3) is 0 Å². The van der Waals surface area contributed by atoms with Gasteiger partial charge in [-0.15, -0.1) is 0 Å². The molecule has 2 aromatic rings. The van der Waals surface area contributed by atoms with Crippen molar-refractivity contribution >= 4 is 35.1 Å². The minimum Gasteiger partial charge on any atom is -0.454 e. The molecule has 2 aromatic carbocycles. The standard InChI is InChI=1S/C20H18ClN3O5/c1-2-20(12-3-5-13(21)6-4-12)18(26)24(19(27)23-20)10-17(25)22-14-7-8-15-16(9-14)29-11-28-15/h3-9H,2,10-11H2,1H3,(H,22,25)(H,23,27)/t20-/m0/s1. The second-order valence-corrected chi connectivity index (χ2v) is 7.14. The first-order chi connectivity index (χ1) is 13.9. The number of fused-ring (bicyclic) bond motifs is 1. The number of imide groups is 1. The molecule has 0 aromatic heterocycles. The quantitative estimate of drug-likeness (QED) is 0.732. The second-order valence-electron chi connectivity index (χ2n) is 6.70. The van der Waals surface area contributed by atoms with Gasteiger partial charge >= 0.3 is 6.03 Å². The Labute approximate surface area is 171 Å². The van der Waals surface area contributed by atoms with E-state index in [0.29, 0.717) is 34.2 Å². The van der Waals surface area contributed by atoms with Crippen LogP contribution in [0.5, 0.6) is 11.5 Å². The minimum absolute atomic E-state index is 0.124. The molecule has 0 saturated carbocycles. The third-order valence-electron chi connectivity index (χ3n) is 5.00. The van der Waals surface area contributed by atoms with E-state index in [4.69, 9.17) is 21.1 Å². The summed E-state index contributed by atoms with van der Waals surface area (Å²) in [6.45, 7) is 1.51. The molecule has 9 heteroatoms. The Bertz CT molecular complexity index is 994. The van der Waals surface area contributed by atoms with E-state index in [1.807, 2.05) is 0 Å². The zero-order valence-electron chi connectivity index (χ0n) is 15.5. The number of carbonyl (C=O) groups is 3. The van der Waals surface area contributed by atoms with Gasteiger partial charge in [0.05, 0.1) is 0 Å². The topological polar surface area (TPSA) is 97.0 Å². The highest BCUT2D eigenvalue weighted by Crippen LogP contribution is 2.35. The summed E-state index contributed by atoms with van der Waals surface area (Å²) in [5.41, 5.74) is -0.132. The predicted octanol–water partition coefficient (Wildman–Crippen LogP) is 2.86. The predicted molar refractivity (Wildman–Crippen MR) is 105 cm³/mol. The molecule has 1 saturated heterocycles. The van der Waals surface area contributed by atoms with Crippen LogP contribution in [-0.4, -0.2) is 36.1 Å². The van der Waals surface area contributed by atoms with Crippen molar-refractivity contribution in [3.8, 4) is 11.5 Å². The number of anilines is 1. The Balaban J connectivity index is 1.50. The highest BCUT2D eigenvalue weighted by atomic mass is 35.5. The lowest BCUT2D eigenvalue weighted by molar-refractivity contribution is -0.134. The van der Waals surface area contributed by atoms with Crippen molar-refractivity contribution in [3.63, 3.8) is 0 Å². The normalized spacial score (nSPS) is 20.0. The highest BCUT2D eigenvalue weighted by Gasteiger charge is 2.51. The van der Waals surface area contributed by atoms with Gasteiger partial charge in [0.15, 0.2) is 11.5 Å². The molecule has 0 unspecified atom stereocenters. The van der Waals surface area contributed by atoms with Crippen LogP contribution in [0.4, 0.5) is 10.5 Å². The minimum atomic E-state index is -1.22. The number of hydrogen-bond donors (Lipinski definition) is 2. The molecule has 2 N–H and O–H groups in total. The van der Waals surface area contributed by atoms with E-state index in [0.717, 1.165) is 4.90 Å². The lowest BCUT2D eigenvalue weighted by Gasteiger charge is -2.25. The van der Waals surface area contributed by atoms with Gasteiger partial charge in [-0.1, -0.05) is 30.7 Å². The van der Waals surface area contributed by atoms with Gasteiger partial charge in [-0.05, 0) is 36.2 Å². The zero-order valence-corrected chi connectivity index (χ0v) is 16.3. The fourth-order valence-corrected chi connectivity index (χ4v) is 3.59. The van der Waals surface area contributed by atoms with Gasteiger partial charge in [-0.2, -0.15) is 0 Å². The molecule has 4 rings (SSSR count). The van der Waals surface area contributed by atoms with Gasteiger partial charge in [-0.3, -0.25) is 14.5 Å². The Morgan fingerprint density at radius 1 is 1.17 bits per heavy atom. The summed E-state index contributed by atoms with van der Waals surface area (Å²) in [5, 5.41) is 5.92. The molecule has 0 aliphatic carbocycles. The smallest absolute Gasteiger partial charge is 0.325 e. The largest absolute Gasteiger partial charge is 0.454 e. The molecular weight excluding hydrogens is 398 g/mol. The van der Waals surface area contributed by atoms with Gasteiger partial charge in [0.2, 0.25) is 12.7 Å². The molecule has 2 aliphatic heterocycles. The number of nitrogens with one attached hydrogen (secondary N) is 2. The van der Waals surface area contributed by atoms with Crippen molar-refractivity contribution in [1.82, 2.24) is 10.2 Å². The van der Waals surface area contributed by atoms with E-state index in [2.05, 4.69) is 10.6 Å². The molecule has 150 valence electrons. The summed E-state index contributed by atoms with van der Waals surface area (Å²) in [6.07, 6.45) is 0.333. The van der Waals surface area contributed by atoms with Crippen LogP contribution in [-0.2, 0) is 15.1 Å². The van der Waals surface area contributed by atoms with E-state index in [1.165, 1.54) is 0 Å². The number of ether oxygens (including phenoxy) is 2. The van der Waals surface area contributed by atoms with Crippen molar-refractivity contribution < 1.29 is 23.9 Å². The van der Waals surface area contributed by atoms with Crippen LogP contribution in [0.3, 0.4) is 0 Å². The van der Waals surface area contributed by atoms with Crippen LogP contribution in [0.2, 0.25) is 5.02 Å². The van der Waals surface area contributed by atoms with E-state index in [9.17, 15) is 14.4 Å². The van der Waals surface area contributed by atoms with Gasteiger partial charge in [0.25, 0.3) is 5.91 Å². The summed E-state index contributed by atoms with van der Waals surface area (Å²) < 4.78 is 10.5. The molecule has 4 amide bonds. The molecule has 8 nitrogen and oxygen atoms in total. The SMILES string of the molecule is CC[C@@]1(c2ccc(Cl)cc2)NC(=O)N(CC(=O)Nc2ccc3c(c2)OCO3)C1=O. The number of benzene rings is 2.